The van der Waals surface area contributed by atoms with Gasteiger partial charge in [-0.3, -0.25) is 4.57 Å². The van der Waals surface area contributed by atoms with Crippen LogP contribution in [0.4, 0.5) is 0 Å². The second-order valence-electron chi connectivity index (χ2n) is 4.36. The van der Waals surface area contributed by atoms with Crippen LogP contribution in [0.25, 0.3) is 5.70 Å². The van der Waals surface area contributed by atoms with Crippen molar-refractivity contribution in [3.8, 4) is 11.9 Å². The number of nitriles is 1. The first-order chi connectivity index (χ1) is 10.2. The van der Waals surface area contributed by atoms with Gasteiger partial charge >= 0.3 is 5.69 Å². The van der Waals surface area contributed by atoms with Gasteiger partial charge in [0.1, 0.15) is 6.61 Å². The van der Waals surface area contributed by atoms with Crippen LogP contribution in [0.2, 0.25) is 0 Å². The summed E-state index contributed by atoms with van der Waals surface area (Å²) in [6.45, 7) is 2.04. The molecule has 0 N–H and O–H groups in total. The van der Waals surface area contributed by atoms with Crippen molar-refractivity contribution >= 4 is 5.70 Å². The van der Waals surface area contributed by atoms with Crippen LogP contribution in [-0.4, -0.2) is 16.2 Å². The zero-order valence-electron chi connectivity index (χ0n) is 11.7. The number of ether oxygens (including phenoxy) is 1. The van der Waals surface area contributed by atoms with E-state index < -0.39 is 5.69 Å². The molecule has 1 aromatic rings. The molecule has 0 amide bonds. The molecule has 0 aromatic carbocycles. The van der Waals surface area contributed by atoms with Crippen LogP contribution in [0.3, 0.4) is 0 Å². The largest absolute Gasteiger partial charge is 0.476 e. The van der Waals surface area contributed by atoms with Crippen LogP contribution in [0.5, 0.6) is 5.88 Å². The molecule has 1 aliphatic carbocycles. The minimum Gasteiger partial charge on any atom is -0.476 e. The highest BCUT2D eigenvalue weighted by Gasteiger charge is 2.08. The van der Waals surface area contributed by atoms with Gasteiger partial charge in [-0.05, 0) is 19.1 Å². The molecule has 1 heterocycles. The summed E-state index contributed by atoms with van der Waals surface area (Å²) in [5.74, 6) is 0.275. The maximum absolute atomic E-state index is 12.1. The summed E-state index contributed by atoms with van der Waals surface area (Å²) >= 11 is 0. The number of hydrogen-bond donors (Lipinski definition) is 0. The summed E-state index contributed by atoms with van der Waals surface area (Å²) in [4.78, 5) is 16.0. The molecule has 0 bridgehead atoms. The van der Waals surface area contributed by atoms with Crippen LogP contribution in [0, 0.1) is 18.3 Å². The van der Waals surface area contributed by atoms with E-state index in [0.717, 1.165) is 11.3 Å². The quantitative estimate of drug-likeness (QED) is 0.794. The van der Waals surface area contributed by atoms with Crippen molar-refractivity contribution in [1.82, 2.24) is 9.55 Å². The Bertz CT molecular complexity index is 731. The van der Waals surface area contributed by atoms with Gasteiger partial charge in [0.05, 0.1) is 18.2 Å². The van der Waals surface area contributed by atoms with Crippen molar-refractivity contribution < 1.29 is 4.74 Å². The lowest BCUT2D eigenvalue weighted by atomic mass is 10.2. The number of aromatic nitrogens is 2. The molecule has 0 fully saturated rings. The van der Waals surface area contributed by atoms with Crippen LogP contribution < -0.4 is 10.4 Å². The van der Waals surface area contributed by atoms with Gasteiger partial charge in [0.15, 0.2) is 0 Å². The van der Waals surface area contributed by atoms with E-state index in [9.17, 15) is 4.79 Å². The molecule has 5 heteroatoms. The third-order valence-corrected chi connectivity index (χ3v) is 2.77. The molecular weight excluding hydrogens is 266 g/mol. The summed E-state index contributed by atoms with van der Waals surface area (Å²) in [7, 11) is 0. The first kappa shape index (κ1) is 14.5. The maximum Gasteiger partial charge on any atom is 0.355 e. The highest BCUT2D eigenvalue weighted by Crippen LogP contribution is 2.14. The van der Waals surface area contributed by atoms with E-state index in [-0.39, 0.29) is 18.9 Å². The van der Waals surface area contributed by atoms with E-state index in [0.29, 0.717) is 0 Å². The van der Waals surface area contributed by atoms with Gasteiger partial charge in [0.25, 0.3) is 0 Å². The standard InChI is InChI=1S/C16H15N3O2/c1-13-12-19(14-8-5-3-2-4-6-9-14)16(20)18-15(13)21-11-7-10-17/h2-6,8-9,12H,7,11H2,1H3/b3-2-,4-2?,5-3?,6-4-,8-5-,9-6?,14-8?,14-9+. The van der Waals surface area contributed by atoms with Gasteiger partial charge in [0, 0.05) is 11.8 Å². The molecule has 0 spiro atoms. The molecule has 0 unspecified atom stereocenters. The number of nitrogens with zero attached hydrogens (tertiary/aromatic N) is 3. The topological polar surface area (TPSA) is 67.9 Å². The fourth-order valence-electron chi connectivity index (χ4n) is 1.77. The molecule has 1 aromatic heterocycles. The zero-order valence-corrected chi connectivity index (χ0v) is 11.7. The molecule has 21 heavy (non-hydrogen) atoms. The van der Waals surface area contributed by atoms with Crippen molar-refractivity contribution in [1.29, 1.82) is 5.26 Å². The maximum atomic E-state index is 12.1. The fraction of sp³-hybridized carbons (Fsp3) is 0.188. The van der Waals surface area contributed by atoms with E-state index in [4.69, 9.17) is 10.00 Å². The lowest BCUT2D eigenvalue weighted by Crippen LogP contribution is -2.23. The Morgan fingerprint density at radius 2 is 2.05 bits per heavy atom. The smallest absolute Gasteiger partial charge is 0.355 e. The SMILES string of the molecule is Cc1cn(C2=C/C=C\C=C/C=C\2)c(=O)nc1OCCC#N. The van der Waals surface area contributed by atoms with E-state index in [1.807, 2.05) is 55.5 Å². The van der Waals surface area contributed by atoms with Crippen molar-refractivity contribution in [2.24, 2.45) is 0 Å². The van der Waals surface area contributed by atoms with Gasteiger partial charge < -0.3 is 4.74 Å². The Balaban J connectivity index is 2.32. The predicted octanol–water partition coefficient (Wildman–Crippen LogP) is 2.37. The minimum absolute atomic E-state index is 0.226. The fourth-order valence-corrected chi connectivity index (χ4v) is 1.77. The minimum atomic E-state index is -0.415. The zero-order chi connectivity index (χ0) is 15.1. The Labute approximate surface area is 122 Å². The van der Waals surface area contributed by atoms with E-state index in [1.165, 1.54) is 4.57 Å². The van der Waals surface area contributed by atoms with Gasteiger partial charge in [0.2, 0.25) is 5.88 Å². The predicted molar refractivity (Wildman–Crippen MR) is 80.7 cm³/mol. The molecule has 0 saturated heterocycles. The molecule has 106 valence electrons. The van der Waals surface area contributed by atoms with Crippen molar-refractivity contribution in [3.63, 3.8) is 0 Å². The summed E-state index contributed by atoms with van der Waals surface area (Å²) in [5.41, 5.74) is 1.05. The van der Waals surface area contributed by atoms with E-state index in [2.05, 4.69) is 4.98 Å². The molecule has 2 rings (SSSR count). The number of aryl methyl sites for hydroxylation is 1. The lowest BCUT2D eigenvalue weighted by Gasteiger charge is -2.10. The molecule has 1 aliphatic rings. The summed E-state index contributed by atoms with van der Waals surface area (Å²) in [5, 5.41) is 8.49. The molecular formula is C16H15N3O2. The second kappa shape index (κ2) is 7.06. The molecule has 0 radical (unpaired) electrons. The first-order valence-corrected chi connectivity index (χ1v) is 6.54. The summed E-state index contributed by atoms with van der Waals surface area (Å²) in [6, 6.07) is 1.98. The van der Waals surface area contributed by atoms with Gasteiger partial charge in [-0.1, -0.05) is 30.4 Å². The Morgan fingerprint density at radius 1 is 1.29 bits per heavy atom. The average molecular weight is 281 g/mol. The molecule has 0 saturated carbocycles. The Kier molecular flexibility index (Phi) is 4.89. The third-order valence-electron chi connectivity index (χ3n) is 2.77. The normalized spacial score (nSPS) is 20.3. The first-order valence-electron chi connectivity index (χ1n) is 6.54. The average Bonchev–Trinajstić information content (AvgIpc) is 2.43. The van der Waals surface area contributed by atoms with Gasteiger partial charge in [-0.15, -0.1) is 0 Å². The monoisotopic (exact) mass is 281 g/mol. The van der Waals surface area contributed by atoms with Crippen molar-refractivity contribution in [3.05, 3.63) is 64.8 Å². The van der Waals surface area contributed by atoms with Crippen LogP contribution in [0.15, 0.2) is 53.5 Å². The Morgan fingerprint density at radius 3 is 2.86 bits per heavy atom. The van der Waals surface area contributed by atoms with Crippen LogP contribution >= 0.6 is 0 Å². The summed E-state index contributed by atoms with van der Waals surface area (Å²) in [6.07, 6.45) is 15.0. The molecule has 0 aliphatic heterocycles. The molecule has 0 atom stereocenters. The highest BCUT2D eigenvalue weighted by molar-refractivity contribution is 5.60. The second-order valence-corrected chi connectivity index (χ2v) is 4.36. The number of rotatable bonds is 4. The summed E-state index contributed by atoms with van der Waals surface area (Å²) < 4.78 is 6.80. The van der Waals surface area contributed by atoms with Gasteiger partial charge in [-0.25, -0.2) is 4.79 Å². The van der Waals surface area contributed by atoms with Crippen molar-refractivity contribution in [2.75, 3.05) is 6.61 Å². The van der Waals surface area contributed by atoms with E-state index >= 15 is 0 Å². The lowest BCUT2D eigenvalue weighted by molar-refractivity contribution is 0.309. The van der Waals surface area contributed by atoms with Crippen LogP contribution in [0.1, 0.15) is 12.0 Å². The Hall–Kier alpha value is -2.87. The number of allylic oxidation sites excluding steroid dienone is 8. The molecule has 5 nitrogen and oxygen atoms in total. The van der Waals surface area contributed by atoms with Crippen LogP contribution in [-0.2, 0) is 0 Å². The van der Waals surface area contributed by atoms with E-state index in [1.54, 1.807) is 6.20 Å². The van der Waals surface area contributed by atoms with Crippen molar-refractivity contribution in [2.45, 2.75) is 13.3 Å². The number of hydrogen-bond acceptors (Lipinski definition) is 4. The van der Waals surface area contributed by atoms with Gasteiger partial charge in [-0.2, -0.15) is 10.2 Å². The third kappa shape index (κ3) is 3.80. The highest BCUT2D eigenvalue weighted by atomic mass is 16.5.